The Balaban J connectivity index is 1.71. The van der Waals surface area contributed by atoms with Crippen molar-refractivity contribution < 1.29 is 14.3 Å². The summed E-state index contributed by atoms with van der Waals surface area (Å²) in [6.45, 7) is 8.30. The van der Waals surface area contributed by atoms with E-state index in [0.717, 1.165) is 24.5 Å². The maximum Gasteiger partial charge on any atom is 0.330 e. The molecule has 0 aliphatic carbocycles. The Morgan fingerprint density at radius 1 is 1.62 bits per heavy atom. The standard InChI is InChI=1S/C16H23NO3S/c1-13(2)10-17-7-8-19-14(11-17)12-20-16(18)6-5-15-4-3-9-21-15/h3-6,9,13-14H,7-8,10-12H2,1-2H3/b6-5+. The van der Waals surface area contributed by atoms with E-state index < -0.39 is 0 Å². The van der Waals surface area contributed by atoms with E-state index in [2.05, 4.69) is 18.7 Å². The second kappa shape index (κ2) is 8.32. The Kier molecular flexibility index (Phi) is 6.42. The molecule has 1 saturated heterocycles. The van der Waals surface area contributed by atoms with E-state index in [0.29, 0.717) is 19.1 Å². The molecule has 1 aliphatic rings. The highest BCUT2D eigenvalue weighted by Crippen LogP contribution is 2.11. The molecule has 21 heavy (non-hydrogen) atoms. The first kappa shape index (κ1) is 16.2. The van der Waals surface area contributed by atoms with E-state index in [1.807, 2.05) is 17.5 Å². The lowest BCUT2D eigenvalue weighted by molar-refractivity contribution is -0.144. The molecule has 0 radical (unpaired) electrons. The van der Waals surface area contributed by atoms with Crippen molar-refractivity contribution in [2.24, 2.45) is 5.92 Å². The number of hydrogen-bond acceptors (Lipinski definition) is 5. The molecule has 1 unspecified atom stereocenters. The molecular weight excluding hydrogens is 286 g/mol. The largest absolute Gasteiger partial charge is 0.460 e. The summed E-state index contributed by atoms with van der Waals surface area (Å²) in [6.07, 6.45) is 3.23. The molecule has 1 aliphatic heterocycles. The minimum Gasteiger partial charge on any atom is -0.460 e. The van der Waals surface area contributed by atoms with Crippen molar-refractivity contribution in [2.45, 2.75) is 20.0 Å². The molecule has 0 bridgehead atoms. The van der Waals surface area contributed by atoms with Crippen LogP contribution in [0.15, 0.2) is 23.6 Å². The third kappa shape index (κ3) is 5.99. The van der Waals surface area contributed by atoms with Crippen LogP contribution in [0.3, 0.4) is 0 Å². The number of carbonyl (C=O) groups is 1. The van der Waals surface area contributed by atoms with Gasteiger partial charge in [0.15, 0.2) is 0 Å². The van der Waals surface area contributed by atoms with Crippen LogP contribution in [0.1, 0.15) is 18.7 Å². The average Bonchev–Trinajstić information content (AvgIpc) is 2.96. The molecule has 2 heterocycles. The first-order chi connectivity index (χ1) is 10.1. The van der Waals surface area contributed by atoms with E-state index >= 15 is 0 Å². The SMILES string of the molecule is CC(C)CN1CCOC(COC(=O)/C=C/c2cccs2)C1. The van der Waals surface area contributed by atoms with Gasteiger partial charge in [-0.2, -0.15) is 0 Å². The van der Waals surface area contributed by atoms with Crippen LogP contribution >= 0.6 is 11.3 Å². The second-order valence-corrected chi connectivity index (χ2v) is 6.60. The minimum absolute atomic E-state index is 0.0170. The van der Waals surface area contributed by atoms with Crippen LogP contribution in [-0.2, 0) is 14.3 Å². The van der Waals surface area contributed by atoms with Crippen molar-refractivity contribution in [3.05, 3.63) is 28.5 Å². The third-order valence-electron chi connectivity index (χ3n) is 3.18. The highest BCUT2D eigenvalue weighted by atomic mass is 32.1. The molecule has 1 atom stereocenters. The lowest BCUT2D eigenvalue weighted by Crippen LogP contribution is -2.45. The maximum absolute atomic E-state index is 11.7. The monoisotopic (exact) mass is 309 g/mol. The van der Waals surface area contributed by atoms with Crippen molar-refractivity contribution in [2.75, 3.05) is 32.8 Å². The molecule has 1 aromatic rings. The maximum atomic E-state index is 11.7. The fourth-order valence-electron chi connectivity index (χ4n) is 2.32. The summed E-state index contributed by atoms with van der Waals surface area (Å²) in [5.74, 6) is 0.327. The summed E-state index contributed by atoms with van der Waals surface area (Å²) < 4.78 is 10.9. The molecule has 5 heteroatoms. The van der Waals surface area contributed by atoms with Crippen LogP contribution in [0.4, 0.5) is 0 Å². The molecule has 0 aromatic carbocycles. The van der Waals surface area contributed by atoms with E-state index in [-0.39, 0.29) is 12.1 Å². The van der Waals surface area contributed by atoms with Crippen LogP contribution in [0.25, 0.3) is 6.08 Å². The van der Waals surface area contributed by atoms with E-state index in [4.69, 9.17) is 9.47 Å². The molecule has 1 fully saturated rings. The molecule has 0 saturated carbocycles. The third-order valence-corrected chi connectivity index (χ3v) is 4.02. The number of ether oxygens (including phenoxy) is 2. The summed E-state index contributed by atoms with van der Waals surface area (Å²) in [6, 6.07) is 3.91. The second-order valence-electron chi connectivity index (χ2n) is 5.63. The lowest BCUT2D eigenvalue weighted by Gasteiger charge is -2.33. The van der Waals surface area contributed by atoms with E-state index in [1.54, 1.807) is 17.4 Å². The summed E-state index contributed by atoms with van der Waals surface area (Å²) in [4.78, 5) is 15.1. The zero-order chi connectivity index (χ0) is 15.1. The highest BCUT2D eigenvalue weighted by Gasteiger charge is 2.21. The number of hydrogen-bond donors (Lipinski definition) is 0. The number of thiophene rings is 1. The summed E-state index contributed by atoms with van der Waals surface area (Å²) in [5.41, 5.74) is 0. The van der Waals surface area contributed by atoms with Crippen molar-refractivity contribution in [1.82, 2.24) is 4.90 Å². The molecule has 116 valence electrons. The zero-order valence-electron chi connectivity index (χ0n) is 12.7. The number of esters is 1. The minimum atomic E-state index is -0.312. The quantitative estimate of drug-likeness (QED) is 0.598. The van der Waals surface area contributed by atoms with Crippen molar-refractivity contribution >= 4 is 23.4 Å². The number of nitrogens with zero attached hydrogens (tertiary/aromatic N) is 1. The van der Waals surface area contributed by atoms with E-state index in [1.165, 1.54) is 6.08 Å². The molecule has 0 spiro atoms. The topological polar surface area (TPSA) is 38.8 Å². The Bertz CT molecular complexity index is 456. The van der Waals surface area contributed by atoms with Crippen LogP contribution in [0.5, 0.6) is 0 Å². The van der Waals surface area contributed by atoms with Crippen LogP contribution in [0.2, 0.25) is 0 Å². The van der Waals surface area contributed by atoms with Crippen molar-refractivity contribution in [3.8, 4) is 0 Å². The van der Waals surface area contributed by atoms with Crippen LogP contribution < -0.4 is 0 Å². The summed E-state index contributed by atoms with van der Waals surface area (Å²) in [7, 11) is 0. The van der Waals surface area contributed by atoms with Gasteiger partial charge in [0, 0.05) is 30.6 Å². The molecular formula is C16H23NO3S. The molecule has 4 nitrogen and oxygen atoms in total. The fourth-order valence-corrected chi connectivity index (χ4v) is 2.94. The Morgan fingerprint density at radius 3 is 3.19 bits per heavy atom. The van der Waals surface area contributed by atoms with Gasteiger partial charge in [-0.25, -0.2) is 4.79 Å². The van der Waals surface area contributed by atoms with Gasteiger partial charge in [0.2, 0.25) is 0 Å². The number of morpholine rings is 1. The predicted molar refractivity (Wildman–Crippen MR) is 85.3 cm³/mol. The predicted octanol–water partition coefficient (Wildman–Crippen LogP) is 2.66. The van der Waals surface area contributed by atoms with Gasteiger partial charge >= 0.3 is 5.97 Å². The van der Waals surface area contributed by atoms with Gasteiger partial charge in [-0.1, -0.05) is 19.9 Å². The highest BCUT2D eigenvalue weighted by molar-refractivity contribution is 7.10. The van der Waals surface area contributed by atoms with Crippen molar-refractivity contribution in [3.63, 3.8) is 0 Å². The Labute approximate surface area is 130 Å². The summed E-state index contributed by atoms with van der Waals surface area (Å²) in [5, 5.41) is 1.98. The Morgan fingerprint density at radius 2 is 2.48 bits per heavy atom. The average molecular weight is 309 g/mol. The smallest absolute Gasteiger partial charge is 0.330 e. The van der Waals surface area contributed by atoms with Gasteiger partial charge in [-0.3, -0.25) is 4.90 Å². The molecule has 1 aromatic heterocycles. The van der Waals surface area contributed by atoms with Gasteiger partial charge in [-0.05, 0) is 23.4 Å². The van der Waals surface area contributed by atoms with Gasteiger partial charge in [-0.15, -0.1) is 11.3 Å². The normalized spacial score (nSPS) is 20.2. The first-order valence-electron chi connectivity index (χ1n) is 7.36. The van der Waals surface area contributed by atoms with Gasteiger partial charge in [0.1, 0.15) is 12.7 Å². The molecule has 0 N–H and O–H groups in total. The molecule has 2 rings (SSSR count). The van der Waals surface area contributed by atoms with Crippen molar-refractivity contribution in [1.29, 1.82) is 0 Å². The first-order valence-corrected chi connectivity index (χ1v) is 8.23. The van der Waals surface area contributed by atoms with Gasteiger partial charge in [0.05, 0.1) is 6.61 Å². The van der Waals surface area contributed by atoms with E-state index in [9.17, 15) is 4.79 Å². The van der Waals surface area contributed by atoms with Crippen LogP contribution in [0, 0.1) is 5.92 Å². The van der Waals surface area contributed by atoms with Gasteiger partial charge in [0.25, 0.3) is 0 Å². The number of rotatable bonds is 6. The number of carbonyl (C=O) groups excluding carboxylic acids is 1. The molecule has 0 amide bonds. The Hall–Kier alpha value is -1.17. The lowest BCUT2D eigenvalue weighted by atomic mass is 10.2. The zero-order valence-corrected chi connectivity index (χ0v) is 13.5. The fraction of sp³-hybridized carbons (Fsp3) is 0.562. The van der Waals surface area contributed by atoms with Crippen LogP contribution in [-0.4, -0.2) is 49.8 Å². The van der Waals surface area contributed by atoms with Gasteiger partial charge < -0.3 is 9.47 Å². The summed E-state index contributed by atoms with van der Waals surface area (Å²) >= 11 is 1.59.